The molecule has 2 rings (SSSR count). The van der Waals surface area contributed by atoms with Crippen LogP contribution in [-0.4, -0.2) is 17.6 Å². The number of urea groups is 1. The lowest BCUT2D eigenvalue weighted by Gasteiger charge is -2.01. The average molecular weight is 326 g/mol. The number of hydrogen-bond donors (Lipinski definition) is 2. The lowest BCUT2D eigenvalue weighted by Crippen LogP contribution is -2.28. The van der Waals surface area contributed by atoms with Crippen molar-refractivity contribution in [2.75, 3.05) is 11.9 Å². The molecule has 4 nitrogen and oxygen atoms in total. The Morgan fingerprint density at radius 1 is 1.39 bits per heavy atom. The monoisotopic (exact) mass is 325 g/mol. The molecule has 1 aromatic heterocycles. The van der Waals surface area contributed by atoms with Crippen LogP contribution in [0.3, 0.4) is 0 Å². The van der Waals surface area contributed by atoms with E-state index in [0.29, 0.717) is 11.7 Å². The highest BCUT2D eigenvalue weighted by atomic mass is 79.9. The van der Waals surface area contributed by atoms with E-state index < -0.39 is 0 Å². The maximum atomic E-state index is 11.3. The van der Waals surface area contributed by atoms with Crippen molar-refractivity contribution in [1.29, 1.82) is 0 Å². The van der Waals surface area contributed by atoms with Crippen molar-refractivity contribution in [2.24, 2.45) is 0 Å². The molecule has 0 aliphatic rings. The fraction of sp³-hybridized carbons (Fsp3) is 0.167. The second kappa shape index (κ2) is 5.97. The van der Waals surface area contributed by atoms with E-state index in [4.69, 9.17) is 0 Å². The zero-order chi connectivity index (χ0) is 13.0. The minimum Gasteiger partial charge on any atom is -0.338 e. The minimum atomic E-state index is -0.228. The van der Waals surface area contributed by atoms with E-state index in [2.05, 4.69) is 31.5 Å². The predicted octanol–water partition coefficient (Wildman–Crippen LogP) is 3.71. The van der Waals surface area contributed by atoms with Gasteiger partial charge in [-0.2, -0.15) is 0 Å². The van der Waals surface area contributed by atoms with Gasteiger partial charge in [-0.1, -0.05) is 28.1 Å². The molecule has 2 aromatic rings. The molecular weight excluding hydrogens is 314 g/mol. The standard InChI is InChI=1S/C12H12BrN3OS/c1-2-14-11(17)16-12-15-10(7-18-12)8-3-5-9(13)6-4-8/h3-7H,2H2,1H3,(H2,14,15,16,17). The van der Waals surface area contributed by atoms with E-state index in [1.807, 2.05) is 36.6 Å². The summed E-state index contributed by atoms with van der Waals surface area (Å²) in [5, 5.41) is 7.87. The molecule has 0 bridgehead atoms. The van der Waals surface area contributed by atoms with Gasteiger partial charge in [0.2, 0.25) is 0 Å². The minimum absolute atomic E-state index is 0.228. The highest BCUT2D eigenvalue weighted by molar-refractivity contribution is 9.10. The van der Waals surface area contributed by atoms with Gasteiger partial charge in [-0.3, -0.25) is 5.32 Å². The van der Waals surface area contributed by atoms with Gasteiger partial charge in [0.05, 0.1) is 5.69 Å². The summed E-state index contributed by atoms with van der Waals surface area (Å²) in [4.78, 5) is 15.7. The largest absolute Gasteiger partial charge is 0.338 e. The fourth-order valence-electron chi connectivity index (χ4n) is 1.39. The van der Waals surface area contributed by atoms with E-state index in [1.165, 1.54) is 11.3 Å². The molecule has 0 saturated carbocycles. The maximum Gasteiger partial charge on any atom is 0.321 e. The Morgan fingerprint density at radius 2 is 2.11 bits per heavy atom. The first-order chi connectivity index (χ1) is 8.69. The smallest absolute Gasteiger partial charge is 0.321 e. The van der Waals surface area contributed by atoms with Crippen molar-refractivity contribution in [3.8, 4) is 11.3 Å². The zero-order valence-corrected chi connectivity index (χ0v) is 12.1. The van der Waals surface area contributed by atoms with Crippen molar-refractivity contribution < 1.29 is 4.79 Å². The topological polar surface area (TPSA) is 54.0 Å². The number of anilines is 1. The van der Waals surface area contributed by atoms with Gasteiger partial charge in [0.1, 0.15) is 0 Å². The second-order valence-electron chi connectivity index (χ2n) is 3.53. The molecule has 0 radical (unpaired) electrons. The maximum absolute atomic E-state index is 11.3. The van der Waals surface area contributed by atoms with Gasteiger partial charge >= 0.3 is 6.03 Å². The molecule has 18 heavy (non-hydrogen) atoms. The number of carbonyl (C=O) groups is 1. The van der Waals surface area contributed by atoms with Crippen LogP contribution in [0.2, 0.25) is 0 Å². The quantitative estimate of drug-likeness (QED) is 0.903. The van der Waals surface area contributed by atoms with Crippen LogP contribution < -0.4 is 10.6 Å². The molecular formula is C12H12BrN3OS. The molecule has 0 aliphatic carbocycles. The Labute approximate surface area is 118 Å². The lowest BCUT2D eigenvalue weighted by atomic mass is 10.2. The molecule has 0 unspecified atom stereocenters. The summed E-state index contributed by atoms with van der Waals surface area (Å²) in [6.45, 7) is 2.46. The highest BCUT2D eigenvalue weighted by Crippen LogP contribution is 2.25. The van der Waals surface area contributed by atoms with Crippen molar-refractivity contribution in [2.45, 2.75) is 6.92 Å². The summed E-state index contributed by atoms with van der Waals surface area (Å²) < 4.78 is 1.03. The fourth-order valence-corrected chi connectivity index (χ4v) is 2.37. The van der Waals surface area contributed by atoms with Gasteiger partial charge in [0, 0.05) is 22.0 Å². The van der Waals surface area contributed by atoms with Crippen LogP contribution >= 0.6 is 27.3 Å². The number of halogens is 1. The molecule has 0 saturated heterocycles. The molecule has 0 atom stereocenters. The van der Waals surface area contributed by atoms with Crippen LogP contribution in [0.5, 0.6) is 0 Å². The highest BCUT2D eigenvalue weighted by Gasteiger charge is 2.06. The summed E-state index contributed by atoms with van der Waals surface area (Å²) in [5.74, 6) is 0. The van der Waals surface area contributed by atoms with Crippen molar-refractivity contribution >= 4 is 38.4 Å². The number of benzene rings is 1. The van der Waals surface area contributed by atoms with Gasteiger partial charge < -0.3 is 5.32 Å². The molecule has 2 N–H and O–H groups in total. The summed E-state index contributed by atoms with van der Waals surface area (Å²) in [6, 6.07) is 7.66. The van der Waals surface area contributed by atoms with Gasteiger partial charge in [-0.15, -0.1) is 11.3 Å². The molecule has 6 heteroatoms. The Morgan fingerprint density at radius 3 is 2.78 bits per heavy atom. The first-order valence-electron chi connectivity index (χ1n) is 5.45. The van der Waals surface area contributed by atoms with Gasteiger partial charge in [0.25, 0.3) is 0 Å². The van der Waals surface area contributed by atoms with E-state index in [1.54, 1.807) is 0 Å². The third-order valence-electron chi connectivity index (χ3n) is 2.20. The SMILES string of the molecule is CCNC(=O)Nc1nc(-c2ccc(Br)cc2)cs1. The molecule has 2 amide bonds. The number of hydrogen-bond acceptors (Lipinski definition) is 3. The van der Waals surface area contributed by atoms with Crippen LogP contribution in [0.4, 0.5) is 9.93 Å². The zero-order valence-electron chi connectivity index (χ0n) is 9.74. The number of rotatable bonds is 3. The summed E-state index contributed by atoms with van der Waals surface area (Å²) in [6.07, 6.45) is 0. The molecule has 1 heterocycles. The second-order valence-corrected chi connectivity index (χ2v) is 5.30. The van der Waals surface area contributed by atoms with Gasteiger partial charge in [-0.05, 0) is 19.1 Å². The predicted molar refractivity (Wildman–Crippen MR) is 77.9 cm³/mol. The summed E-state index contributed by atoms with van der Waals surface area (Å²) in [5.41, 5.74) is 1.89. The molecule has 1 aromatic carbocycles. The average Bonchev–Trinajstić information content (AvgIpc) is 2.78. The first-order valence-corrected chi connectivity index (χ1v) is 7.12. The Hall–Kier alpha value is -1.40. The number of aromatic nitrogens is 1. The number of thiazole rings is 1. The Balaban J connectivity index is 2.10. The van der Waals surface area contributed by atoms with E-state index in [0.717, 1.165) is 15.7 Å². The van der Waals surface area contributed by atoms with Crippen molar-refractivity contribution in [1.82, 2.24) is 10.3 Å². The van der Waals surface area contributed by atoms with Crippen LogP contribution in [0.1, 0.15) is 6.92 Å². The van der Waals surface area contributed by atoms with E-state index in [9.17, 15) is 4.79 Å². The molecule has 94 valence electrons. The lowest BCUT2D eigenvalue weighted by molar-refractivity contribution is 0.252. The van der Waals surface area contributed by atoms with Gasteiger partial charge in [0.15, 0.2) is 5.13 Å². The number of nitrogens with one attached hydrogen (secondary N) is 2. The van der Waals surface area contributed by atoms with E-state index in [-0.39, 0.29) is 6.03 Å². The number of nitrogens with zero attached hydrogens (tertiary/aromatic N) is 1. The third kappa shape index (κ3) is 3.30. The Kier molecular flexibility index (Phi) is 4.33. The van der Waals surface area contributed by atoms with Crippen LogP contribution in [0.25, 0.3) is 11.3 Å². The number of carbonyl (C=O) groups excluding carboxylic acids is 1. The van der Waals surface area contributed by atoms with E-state index >= 15 is 0 Å². The molecule has 0 fully saturated rings. The normalized spacial score (nSPS) is 10.1. The van der Waals surface area contributed by atoms with Crippen LogP contribution in [0, 0.1) is 0 Å². The summed E-state index contributed by atoms with van der Waals surface area (Å²) >= 11 is 4.80. The first kappa shape index (κ1) is 13.0. The summed E-state index contributed by atoms with van der Waals surface area (Å²) in [7, 11) is 0. The molecule has 0 aliphatic heterocycles. The van der Waals surface area contributed by atoms with Crippen molar-refractivity contribution in [3.05, 3.63) is 34.1 Å². The Bertz CT molecular complexity index is 539. The van der Waals surface area contributed by atoms with Gasteiger partial charge in [-0.25, -0.2) is 9.78 Å². The number of amides is 2. The van der Waals surface area contributed by atoms with Crippen LogP contribution in [-0.2, 0) is 0 Å². The van der Waals surface area contributed by atoms with Crippen LogP contribution in [0.15, 0.2) is 34.1 Å². The molecule has 0 spiro atoms. The third-order valence-corrected chi connectivity index (χ3v) is 3.49. The van der Waals surface area contributed by atoms with Crippen molar-refractivity contribution in [3.63, 3.8) is 0 Å².